The number of thioether (sulfide) groups is 1. The molecule has 0 N–H and O–H groups in total. The lowest BCUT2D eigenvalue weighted by molar-refractivity contribution is -0.123. The summed E-state index contributed by atoms with van der Waals surface area (Å²) >= 11 is 1.54. The Hall–Kier alpha value is -2.08. The van der Waals surface area contributed by atoms with E-state index in [1.165, 1.54) is 11.8 Å². The van der Waals surface area contributed by atoms with Gasteiger partial charge in [0.15, 0.2) is 5.16 Å². The maximum absolute atomic E-state index is 13.1. The topological polar surface area (TPSA) is 49.3 Å². The molecule has 1 aromatic heterocycles. The van der Waals surface area contributed by atoms with Crippen molar-refractivity contribution in [2.24, 2.45) is 0 Å². The first-order chi connectivity index (χ1) is 11.7. The number of carbonyl (C=O) groups is 1. The summed E-state index contributed by atoms with van der Waals surface area (Å²) in [5, 5.41) is 0.766. The van der Waals surface area contributed by atoms with Crippen molar-refractivity contribution in [1.82, 2.24) is 9.97 Å². The minimum Gasteiger partial charge on any atom is -0.355 e. The molecule has 124 valence electrons. The Balaban J connectivity index is 1.73. The van der Waals surface area contributed by atoms with Crippen molar-refractivity contribution < 1.29 is 4.79 Å². The summed E-state index contributed by atoms with van der Waals surface area (Å²) in [6, 6.07) is 10.1. The zero-order valence-corrected chi connectivity index (χ0v) is 14.7. The molecule has 1 fully saturated rings. The molecular formula is C18H20N4OS. The number of anilines is 2. The number of piperidine rings is 1. The second-order valence-corrected chi connectivity index (χ2v) is 7.16. The highest BCUT2D eigenvalue weighted by Gasteiger charge is 2.51. The van der Waals surface area contributed by atoms with Crippen LogP contribution in [0.15, 0.2) is 41.7 Å². The third-order valence-corrected chi connectivity index (χ3v) is 5.67. The lowest BCUT2D eigenvalue weighted by Gasteiger charge is -2.40. The van der Waals surface area contributed by atoms with Crippen molar-refractivity contribution in [1.29, 1.82) is 0 Å². The van der Waals surface area contributed by atoms with Crippen LogP contribution in [0.4, 0.5) is 11.5 Å². The van der Waals surface area contributed by atoms with Crippen molar-refractivity contribution in [3.63, 3.8) is 0 Å². The summed E-state index contributed by atoms with van der Waals surface area (Å²) in [6.45, 7) is 1.60. The van der Waals surface area contributed by atoms with E-state index in [4.69, 9.17) is 0 Å². The van der Waals surface area contributed by atoms with Crippen LogP contribution in [0.3, 0.4) is 0 Å². The second-order valence-electron chi connectivity index (χ2n) is 6.39. The molecule has 0 unspecified atom stereocenters. The Labute approximate surface area is 146 Å². The quantitative estimate of drug-likeness (QED) is 0.621. The van der Waals surface area contributed by atoms with E-state index in [1.54, 1.807) is 6.20 Å². The second kappa shape index (κ2) is 5.77. The molecule has 24 heavy (non-hydrogen) atoms. The van der Waals surface area contributed by atoms with Gasteiger partial charge in [0.05, 0.1) is 5.41 Å². The molecule has 1 amide bonds. The van der Waals surface area contributed by atoms with Gasteiger partial charge in [0.2, 0.25) is 5.91 Å². The molecule has 4 rings (SSSR count). The number of likely N-dealkylation sites (N-methyl/N-ethyl adjacent to an activating group) is 1. The number of carbonyl (C=O) groups excluding carboxylic acids is 1. The summed E-state index contributed by atoms with van der Waals surface area (Å²) < 4.78 is 0. The third-order valence-electron chi connectivity index (χ3n) is 5.11. The van der Waals surface area contributed by atoms with Crippen LogP contribution in [0.2, 0.25) is 0 Å². The number of aromatic nitrogens is 2. The molecule has 2 aromatic rings. The summed E-state index contributed by atoms with van der Waals surface area (Å²) in [5.74, 6) is 1.11. The Morgan fingerprint density at radius 2 is 2.08 bits per heavy atom. The normalized spacial score (nSPS) is 23.0. The lowest BCUT2D eigenvalue weighted by Crippen LogP contribution is -2.51. The van der Waals surface area contributed by atoms with Gasteiger partial charge in [0.25, 0.3) is 0 Å². The third kappa shape index (κ3) is 2.20. The van der Waals surface area contributed by atoms with Gasteiger partial charge in [-0.15, -0.1) is 0 Å². The standard InChI is InChI=1S/C18H20N4OS/c1-21-14-7-4-3-6-13(14)18(16(21)23)9-5-11-22(12-18)15-8-10-19-17(20-15)24-2/h3-4,6-8,10H,5,9,11-12H2,1-2H3/t18-/m1/s1. The van der Waals surface area contributed by atoms with Crippen molar-refractivity contribution >= 4 is 29.2 Å². The summed E-state index contributed by atoms with van der Waals surface area (Å²) in [7, 11) is 1.88. The fraction of sp³-hybridized carbons (Fsp3) is 0.389. The van der Waals surface area contributed by atoms with E-state index in [1.807, 2.05) is 42.5 Å². The molecule has 1 aromatic carbocycles. The van der Waals surface area contributed by atoms with Gasteiger partial charge in [-0.2, -0.15) is 0 Å². The van der Waals surface area contributed by atoms with Gasteiger partial charge >= 0.3 is 0 Å². The van der Waals surface area contributed by atoms with Gasteiger partial charge in [-0.25, -0.2) is 9.97 Å². The minimum atomic E-state index is -0.450. The highest BCUT2D eigenvalue weighted by Crippen LogP contribution is 2.46. The molecule has 0 saturated carbocycles. The van der Waals surface area contributed by atoms with Crippen LogP contribution in [0.1, 0.15) is 18.4 Å². The maximum atomic E-state index is 13.1. The average molecular weight is 340 g/mol. The van der Waals surface area contributed by atoms with Crippen LogP contribution in [-0.2, 0) is 10.2 Å². The zero-order chi connectivity index (χ0) is 16.7. The zero-order valence-electron chi connectivity index (χ0n) is 13.9. The summed E-state index contributed by atoms with van der Waals surface area (Å²) in [4.78, 5) is 26.0. The first-order valence-electron chi connectivity index (χ1n) is 8.15. The predicted molar refractivity (Wildman–Crippen MR) is 96.8 cm³/mol. The Bertz CT molecular complexity index is 796. The summed E-state index contributed by atoms with van der Waals surface area (Å²) in [6.07, 6.45) is 5.64. The predicted octanol–water partition coefficient (Wildman–Crippen LogP) is 2.71. The molecule has 1 spiro atoms. The lowest BCUT2D eigenvalue weighted by atomic mass is 9.75. The maximum Gasteiger partial charge on any atom is 0.239 e. The van der Waals surface area contributed by atoms with Gasteiger partial charge in [-0.05, 0) is 36.8 Å². The van der Waals surface area contributed by atoms with Crippen LogP contribution in [0.5, 0.6) is 0 Å². The fourth-order valence-corrected chi connectivity index (χ4v) is 4.32. The smallest absolute Gasteiger partial charge is 0.239 e. The van der Waals surface area contributed by atoms with Gasteiger partial charge in [0, 0.05) is 32.0 Å². The van der Waals surface area contributed by atoms with Crippen molar-refractivity contribution in [3.05, 3.63) is 42.1 Å². The van der Waals surface area contributed by atoms with Gasteiger partial charge in [-0.1, -0.05) is 30.0 Å². The van der Waals surface area contributed by atoms with Crippen molar-refractivity contribution in [2.75, 3.05) is 36.2 Å². The van der Waals surface area contributed by atoms with E-state index in [0.717, 1.165) is 41.6 Å². The number of fused-ring (bicyclic) bond motifs is 2. The number of benzene rings is 1. The Morgan fingerprint density at radius 3 is 2.92 bits per heavy atom. The molecule has 1 atom stereocenters. The molecule has 2 aliphatic heterocycles. The molecule has 3 heterocycles. The first-order valence-corrected chi connectivity index (χ1v) is 9.38. The van der Waals surface area contributed by atoms with Crippen molar-refractivity contribution in [3.8, 4) is 0 Å². The van der Waals surface area contributed by atoms with Crippen LogP contribution in [-0.4, -0.2) is 42.3 Å². The number of amides is 1. The highest BCUT2D eigenvalue weighted by atomic mass is 32.2. The summed E-state index contributed by atoms with van der Waals surface area (Å²) in [5.41, 5.74) is 1.74. The van der Waals surface area contributed by atoms with E-state index in [-0.39, 0.29) is 5.91 Å². The van der Waals surface area contributed by atoms with E-state index in [0.29, 0.717) is 6.54 Å². The highest BCUT2D eigenvalue weighted by molar-refractivity contribution is 7.98. The van der Waals surface area contributed by atoms with E-state index in [9.17, 15) is 4.79 Å². The van der Waals surface area contributed by atoms with Gasteiger partial charge < -0.3 is 9.80 Å². The van der Waals surface area contributed by atoms with Crippen LogP contribution >= 0.6 is 11.8 Å². The Kier molecular flexibility index (Phi) is 3.72. The molecule has 0 aliphatic carbocycles. The molecular weight excluding hydrogens is 320 g/mol. The number of hydrogen-bond acceptors (Lipinski definition) is 5. The number of hydrogen-bond donors (Lipinski definition) is 0. The average Bonchev–Trinajstić information content (AvgIpc) is 2.85. The van der Waals surface area contributed by atoms with E-state index < -0.39 is 5.41 Å². The van der Waals surface area contributed by atoms with Gasteiger partial charge in [-0.3, -0.25) is 4.79 Å². The first kappa shape index (κ1) is 15.4. The van der Waals surface area contributed by atoms with E-state index in [2.05, 4.69) is 20.9 Å². The molecule has 5 nitrogen and oxygen atoms in total. The SMILES string of the molecule is CSc1nccc(N2CCC[C@]3(C2)C(=O)N(C)c2ccccc23)n1. The molecule has 6 heteroatoms. The monoisotopic (exact) mass is 340 g/mol. The van der Waals surface area contributed by atoms with Crippen LogP contribution in [0.25, 0.3) is 0 Å². The van der Waals surface area contributed by atoms with Gasteiger partial charge in [0.1, 0.15) is 5.82 Å². The number of para-hydroxylation sites is 1. The molecule has 0 bridgehead atoms. The number of nitrogens with zero attached hydrogens (tertiary/aromatic N) is 4. The molecule has 2 aliphatic rings. The molecule has 0 radical (unpaired) electrons. The Morgan fingerprint density at radius 1 is 1.25 bits per heavy atom. The van der Waals surface area contributed by atoms with Crippen LogP contribution in [0, 0.1) is 0 Å². The largest absolute Gasteiger partial charge is 0.355 e. The van der Waals surface area contributed by atoms with Crippen molar-refractivity contribution in [2.45, 2.75) is 23.4 Å². The fourth-order valence-electron chi connectivity index (χ4n) is 3.97. The number of rotatable bonds is 2. The van der Waals surface area contributed by atoms with Crippen LogP contribution < -0.4 is 9.80 Å². The van der Waals surface area contributed by atoms with E-state index >= 15 is 0 Å². The molecule has 1 saturated heterocycles. The minimum absolute atomic E-state index is 0.201.